The van der Waals surface area contributed by atoms with E-state index in [9.17, 15) is 4.79 Å². The van der Waals surface area contributed by atoms with Crippen molar-refractivity contribution >= 4 is 28.5 Å². The zero-order chi connectivity index (χ0) is 22.5. The number of hydrogen-bond donors (Lipinski definition) is 1. The van der Waals surface area contributed by atoms with Crippen LogP contribution in [0, 0.1) is 0 Å². The SMILES string of the molecule is CN(C)CCCNC(=O)Cn1nc(-c2ccccc2)c2c(Cl)c(-c3ccccc3)nnc21. The van der Waals surface area contributed by atoms with Gasteiger partial charge >= 0.3 is 0 Å². The Labute approximate surface area is 192 Å². The van der Waals surface area contributed by atoms with Crippen molar-refractivity contribution in [2.45, 2.75) is 13.0 Å². The Morgan fingerprint density at radius 1 is 0.969 bits per heavy atom. The molecule has 0 aliphatic carbocycles. The smallest absolute Gasteiger partial charge is 0.241 e. The molecular weight excluding hydrogens is 424 g/mol. The van der Waals surface area contributed by atoms with Crippen LogP contribution in [0.25, 0.3) is 33.5 Å². The normalized spacial score (nSPS) is 11.2. The van der Waals surface area contributed by atoms with Gasteiger partial charge in [0, 0.05) is 17.7 Å². The van der Waals surface area contributed by atoms with Gasteiger partial charge in [0.1, 0.15) is 17.9 Å². The van der Waals surface area contributed by atoms with E-state index >= 15 is 0 Å². The van der Waals surface area contributed by atoms with Gasteiger partial charge in [-0.25, -0.2) is 4.68 Å². The molecule has 2 heterocycles. The molecule has 1 N–H and O–H groups in total. The molecule has 32 heavy (non-hydrogen) atoms. The van der Waals surface area contributed by atoms with Crippen LogP contribution >= 0.6 is 11.6 Å². The van der Waals surface area contributed by atoms with Gasteiger partial charge in [-0.1, -0.05) is 72.3 Å². The van der Waals surface area contributed by atoms with Crippen molar-refractivity contribution in [3.05, 3.63) is 65.7 Å². The fourth-order valence-corrected chi connectivity index (χ4v) is 3.84. The third kappa shape index (κ3) is 4.79. The standard InChI is InChI=1S/C24H25ClN6O/c1-30(2)15-9-14-26-19(32)16-31-24-20(22(29-31)17-10-5-3-6-11-17)21(25)23(27-28-24)18-12-7-4-8-13-18/h3-8,10-13H,9,14-16H2,1-2H3,(H,26,32). The summed E-state index contributed by atoms with van der Waals surface area (Å²) >= 11 is 6.85. The Bertz CT molecular complexity index is 1210. The molecule has 0 aliphatic rings. The zero-order valence-corrected chi connectivity index (χ0v) is 18.9. The first kappa shape index (κ1) is 21.9. The fourth-order valence-electron chi connectivity index (χ4n) is 3.52. The highest BCUT2D eigenvalue weighted by molar-refractivity contribution is 6.38. The van der Waals surface area contributed by atoms with Crippen molar-refractivity contribution in [3.8, 4) is 22.5 Å². The van der Waals surface area contributed by atoms with Crippen LogP contribution in [0.1, 0.15) is 6.42 Å². The van der Waals surface area contributed by atoms with Gasteiger partial charge in [0.15, 0.2) is 5.65 Å². The number of benzene rings is 2. The van der Waals surface area contributed by atoms with Gasteiger partial charge in [-0.2, -0.15) is 5.10 Å². The van der Waals surface area contributed by atoms with Crippen LogP contribution in [-0.4, -0.2) is 58.0 Å². The lowest BCUT2D eigenvalue weighted by atomic mass is 10.1. The van der Waals surface area contributed by atoms with E-state index in [1.54, 1.807) is 4.68 Å². The van der Waals surface area contributed by atoms with Gasteiger partial charge in [-0.3, -0.25) is 4.79 Å². The van der Waals surface area contributed by atoms with Crippen molar-refractivity contribution < 1.29 is 4.79 Å². The minimum Gasteiger partial charge on any atom is -0.354 e. The highest BCUT2D eigenvalue weighted by Crippen LogP contribution is 2.37. The molecule has 2 aromatic carbocycles. The van der Waals surface area contributed by atoms with Crippen molar-refractivity contribution in [1.82, 2.24) is 30.2 Å². The first-order chi connectivity index (χ1) is 15.5. The molecular formula is C24H25ClN6O. The van der Waals surface area contributed by atoms with Crippen LogP contribution in [0.3, 0.4) is 0 Å². The molecule has 4 rings (SSSR count). The highest BCUT2D eigenvalue weighted by Gasteiger charge is 2.21. The second-order valence-corrected chi connectivity index (χ2v) is 8.18. The van der Waals surface area contributed by atoms with Gasteiger partial charge < -0.3 is 10.2 Å². The minimum atomic E-state index is -0.127. The topological polar surface area (TPSA) is 75.9 Å². The predicted octanol–water partition coefficient (Wildman–Crippen LogP) is 3.88. The van der Waals surface area contributed by atoms with E-state index in [0.29, 0.717) is 34.0 Å². The summed E-state index contributed by atoms with van der Waals surface area (Å²) in [4.78, 5) is 14.6. The molecule has 0 atom stereocenters. The number of rotatable bonds is 8. The Morgan fingerprint density at radius 3 is 2.22 bits per heavy atom. The maximum atomic E-state index is 12.6. The molecule has 0 radical (unpaired) electrons. The second kappa shape index (κ2) is 9.89. The van der Waals surface area contributed by atoms with E-state index in [1.165, 1.54) is 0 Å². The number of hydrogen-bond acceptors (Lipinski definition) is 5. The average Bonchev–Trinajstić information content (AvgIpc) is 3.17. The predicted molar refractivity (Wildman–Crippen MR) is 127 cm³/mol. The van der Waals surface area contributed by atoms with E-state index in [0.717, 1.165) is 24.1 Å². The fraction of sp³-hybridized carbons (Fsp3) is 0.250. The third-order valence-corrected chi connectivity index (χ3v) is 5.46. The quantitative estimate of drug-likeness (QED) is 0.414. The molecule has 0 fully saturated rings. The number of halogens is 1. The van der Waals surface area contributed by atoms with E-state index in [2.05, 4.69) is 20.4 Å². The molecule has 0 saturated heterocycles. The molecule has 164 valence electrons. The largest absolute Gasteiger partial charge is 0.354 e. The first-order valence-corrected chi connectivity index (χ1v) is 10.9. The molecule has 1 amide bonds. The summed E-state index contributed by atoms with van der Waals surface area (Å²) in [6, 6.07) is 19.4. The van der Waals surface area contributed by atoms with E-state index in [-0.39, 0.29) is 12.5 Å². The van der Waals surface area contributed by atoms with Crippen LogP contribution in [0.2, 0.25) is 5.02 Å². The number of nitrogens with zero attached hydrogens (tertiary/aromatic N) is 5. The maximum absolute atomic E-state index is 12.6. The lowest BCUT2D eigenvalue weighted by Gasteiger charge is -2.10. The van der Waals surface area contributed by atoms with E-state index in [1.807, 2.05) is 74.8 Å². The van der Waals surface area contributed by atoms with Crippen molar-refractivity contribution in [2.75, 3.05) is 27.2 Å². The van der Waals surface area contributed by atoms with Crippen LogP contribution in [0.5, 0.6) is 0 Å². The molecule has 0 aliphatic heterocycles. The van der Waals surface area contributed by atoms with Gasteiger partial charge in [0.05, 0.1) is 10.4 Å². The molecule has 0 saturated carbocycles. The third-order valence-electron chi connectivity index (χ3n) is 5.09. The summed E-state index contributed by atoms with van der Waals surface area (Å²) in [6.07, 6.45) is 0.875. The van der Waals surface area contributed by atoms with Gasteiger partial charge in [-0.15, -0.1) is 10.2 Å². The summed E-state index contributed by atoms with van der Waals surface area (Å²) < 4.78 is 1.58. The second-order valence-electron chi connectivity index (χ2n) is 7.81. The summed E-state index contributed by atoms with van der Waals surface area (Å²) in [5.41, 5.74) is 3.52. The Morgan fingerprint density at radius 2 is 1.59 bits per heavy atom. The van der Waals surface area contributed by atoms with E-state index in [4.69, 9.17) is 16.7 Å². The van der Waals surface area contributed by atoms with Crippen molar-refractivity contribution in [3.63, 3.8) is 0 Å². The number of nitrogens with one attached hydrogen (secondary N) is 1. The Kier molecular flexibility index (Phi) is 6.78. The summed E-state index contributed by atoms with van der Waals surface area (Å²) in [5.74, 6) is -0.127. The number of carbonyl (C=O) groups excluding carboxylic acids is 1. The van der Waals surface area contributed by atoms with Gasteiger partial charge in [0.2, 0.25) is 5.91 Å². The van der Waals surface area contributed by atoms with Crippen LogP contribution in [0.4, 0.5) is 0 Å². The van der Waals surface area contributed by atoms with Crippen LogP contribution in [-0.2, 0) is 11.3 Å². The summed E-state index contributed by atoms with van der Waals surface area (Å²) in [6.45, 7) is 1.56. The average molecular weight is 449 g/mol. The van der Waals surface area contributed by atoms with E-state index < -0.39 is 0 Å². The molecule has 4 aromatic rings. The zero-order valence-electron chi connectivity index (χ0n) is 18.1. The summed E-state index contributed by atoms with van der Waals surface area (Å²) in [7, 11) is 4.02. The first-order valence-electron chi connectivity index (χ1n) is 10.5. The van der Waals surface area contributed by atoms with Gasteiger partial charge in [-0.05, 0) is 27.1 Å². The Balaban J connectivity index is 1.71. The minimum absolute atomic E-state index is 0.0426. The molecule has 8 heteroatoms. The molecule has 0 bridgehead atoms. The Hall–Kier alpha value is -3.29. The monoisotopic (exact) mass is 448 g/mol. The van der Waals surface area contributed by atoms with Crippen molar-refractivity contribution in [2.24, 2.45) is 0 Å². The number of aromatic nitrogens is 4. The summed E-state index contributed by atoms with van der Waals surface area (Å²) in [5, 5.41) is 17.6. The van der Waals surface area contributed by atoms with Crippen LogP contribution in [0.15, 0.2) is 60.7 Å². The molecule has 7 nitrogen and oxygen atoms in total. The lowest BCUT2D eigenvalue weighted by molar-refractivity contribution is -0.121. The highest BCUT2D eigenvalue weighted by atomic mass is 35.5. The molecule has 0 unspecified atom stereocenters. The number of carbonyl (C=O) groups is 1. The maximum Gasteiger partial charge on any atom is 0.241 e. The number of amides is 1. The van der Waals surface area contributed by atoms with Crippen LogP contribution < -0.4 is 5.32 Å². The number of fused-ring (bicyclic) bond motifs is 1. The molecule has 0 spiro atoms. The van der Waals surface area contributed by atoms with Gasteiger partial charge in [0.25, 0.3) is 0 Å². The lowest BCUT2D eigenvalue weighted by Crippen LogP contribution is -2.30. The van der Waals surface area contributed by atoms with Crippen molar-refractivity contribution in [1.29, 1.82) is 0 Å². The molecule has 2 aromatic heterocycles.